The van der Waals surface area contributed by atoms with Crippen LogP contribution in [0.5, 0.6) is 0 Å². The number of thiophene rings is 1. The van der Waals surface area contributed by atoms with Gasteiger partial charge in [-0.1, -0.05) is 20.8 Å². The Balaban J connectivity index is 2.06. The smallest absolute Gasteiger partial charge is 0.283 e. The predicted molar refractivity (Wildman–Crippen MR) is 96.4 cm³/mol. The number of hydrogen-bond acceptors (Lipinski definition) is 4. The van der Waals surface area contributed by atoms with Crippen LogP contribution in [0.15, 0.2) is 16.2 Å². The standard InChI is InChI=1S/C17H24N4OS/c1-17(2,3)11-6-7-12-13(8-11)23-15-14(12)16(22)21(9-18-15)19-10-20(4)5/h9-11H,6-8H2,1-5H3/b19-10+. The summed E-state index contributed by atoms with van der Waals surface area (Å²) in [5.74, 6) is 0.664. The first-order valence-electron chi connectivity index (χ1n) is 8.00. The molecule has 0 aromatic carbocycles. The van der Waals surface area contributed by atoms with Crippen molar-refractivity contribution in [1.82, 2.24) is 14.6 Å². The number of rotatable bonds is 2. The molecular weight excluding hydrogens is 308 g/mol. The van der Waals surface area contributed by atoms with E-state index in [9.17, 15) is 4.79 Å². The molecule has 1 aliphatic rings. The largest absolute Gasteiger partial charge is 0.367 e. The molecular formula is C17H24N4OS. The SMILES string of the molecule is CN(C)/C=N/n1cnc2sc3c(c2c1=O)CCC(C(C)(C)C)C3. The van der Waals surface area contributed by atoms with Crippen LogP contribution in [0, 0.1) is 11.3 Å². The van der Waals surface area contributed by atoms with Crippen molar-refractivity contribution in [2.45, 2.75) is 40.0 Å². The van der Waals surface area contributed by atoms with Gasteiger partial charge >= 0.3 is 0 Å². The van der Waals surface area contributed by atoms with E-state index in [1.807, 2.05) is 14.1 Å². The molecule has 1 aliphatic carbocycles. The number of nitrogens with zero attached hydrogens (tertiary/aromatic N) is 4. The Morgan fingerprint density at radius 2 is 2.17 bits per heavy atom. The molecule has 0 fully saturated rings. The average molecular weight is 332 g/mol. The molecule has 0 radical (unpaired) electrons. The van der Waals surface area contributed by atoms with Crippen LogP contribution in [-0.4, -0.2) is 35.0 Å². The Labute approximate surface area is 140 Å². The fourth-order valence-electron chi connectivity index (χ4n) is 3.14. The molecule has 2 heterocycles. The predicted octanol–water partition coefficient (Wildman–Crippen LogP) is 2.96. The minimum atomic E-state index is -0.0557. The van der Waals surface area contributed by atoms with Crippen LogP contribution in [0.1, 0.15) is 37.6 Å². The van der Waals surface area contributed by atoms with E-state index >= 15 is 0 Å². The highest BCUT2D eigenvalue weighted by atomic mass is 32.1. The summed E-state index contributed by atoms with van der Waals surface area (Å²) in [6.07, 6.45) is 6.30. The summed E-state index contributed by atoms with van der Waals surface area (Å²) in [6, 6.07) is 0. The van der Waals surface area contributed by atoms with Crippen LogP contribution in [0.3, 0.4) is 0 Å². The maximum Gasteiger partial charge on any atom is 0.283 e. The first-order chi connectivity index (χ1) is 10.8. The van der Waals surface area contributed by atoms with Gasteiger partial charge in [-0.2, -0.15) is 9.78 Å². The number of hydrogen-bond donors (Lipinski definition) is 0. The second-order valence-corrected chi connectivity index (χ2v) is 8.66. The zero-order chi connectivity index (χ0) is 16.8. The fourth-order valence-corrected chi connectivity index (χ4v) is 4.40. The van der Waals surface area contributed by atoms with Gasteiger partial charge in [-0.3, -0.25) is 4.79 Å². The van der Waals surface area contributed by atoms with Gasteiger partial charge in [-0.25, -0.2) is 4.98 Å². The van der Waals surface area contributed by atoms with Crippen molar-refractivity contribution in [3.05, 3.63) is 27.1 Å². The molecule has 0 saturated heterocycles. The number of aryl methyl sites for hydroxylation is 1. The van der Waals surface area contributed by atoms with Gasteiger partial charge < -0.3 is 4.90 Å². The summed E-state index contributed by atoms with van der Waals surface area (Å²) < 4.78 is 1.34. The molecule has 6 heteroatoms. The fraction of sp³-hybridized carbons (Fsp3) is 0.588. The quantitative estimate of drug-likeness (QED) is 0.627. The first kappa shape index (κ1) is 16.2. The van der Waals surface area contributed by atoms with Gasteiger partial charge in [-0.05, 0) is 36.2 Å². The van der Waals surface area contributed by atoms with Crippen molar-refractivity contribution >= 4 is 27.9 Å². The van der Waals surface area contributed by atoms with Gasteiger partial charge in [0.1, 0.15) is 17.5 Å². The molecule has 1 unspecified atom stereocenters. The molecule has 0 N–H and O–H groups in total. The monoisotopic (exact) mass is 332 g/mol. The van der Waals surface area contributed by atoms with E-state index in [4.69, 9.17) is 0 Å². The Morgan fingerprint density at radius 3 is 2.83 bits per heavy atom. The van der Waals surface area contributed by atoms with E-state index in [0.717, 1.165) is 29.5 Å². The molecule has 3 rings (SSSR count). The molecule has 0 bridgehead atoms. The van der Waals surface area contributed by atoms with Gasteiger partial charge in [0.05, 0.1) is 5.39 Å². The van der Waals surface area contributed by atoms with Gasteiger partial charge in [-0.15, -0.1) is 11.3 Å². The van der Waals surface area contributed by atoms with E-state index in [1.54, 1.807) is 22.6 Å². The minimum absolute atomic E-state index is 0.0557. The molecule has 1 atom stereocenters. The summed E-state index contributed by atoms with van der Waals surface area (Å²) in [5.41, 5.74) is 1.45. The van der Waals surface area contributed by atoms with Gasteiger partial charge in [0.2, 0.25) is 0 Å². The van der Waals surface area contributed by atoms with Gasteiger partial charge in [0.15, 0.2) is 0 Å². The van der Waals surface area contributed by atoms with E-state index < -0.39 is 0 Å². The van der Waals surface area contributed by atoms with Crippen LogP contribution in [0.2, 0.25) is 0 Å². The van der Waals surface area contributed by atoms with E-state index in [-0.39, 0.29) is 5.56 Å². The summed E-state index contributed by atoms with van der Waals surface area (Å²) >= 11 is 1.68. The van der Waals surface area contributed by atoms with Crippen molar-refractivity contribution in [2.24, 2.45) is 16.4 Å². The maximum atomic E-state index is 12.7. The highest BCUT2D eigenvalue weighted by Crippen LogP contribution is 2.41. The Morgan fingerprint density at radius 1 is 1.43 bits per heavy atom. The molecule has 2 aromatic rings. The molecule has 0 saturated carbocycles. The van der Waals surface area contributed by atoms with Crippen molar-refractivity contribution in [3.8, 4) is 0 Å². The second kappa shape index (κ2) is 5.74. The maximum absolute atomic E-state index is 12.7. The van der Waals surface area contributed by atoms with Crippen LogP contribution < -0.4 is 5.56 Å². The minimum Gasteiger partial charge on any atom is -0.367 e. The average Bonchev–Trinajstić information content (AvgIpc) is 2.83. The molecule has 2 aromatic heterocycles. The van der Waals surface area contributed by atoms with Crippen LogP contribution >= 0.6 is 11.3 Å². The zero-order valence-corrected chi connectivity index (χ0v) is 15.3. The molecule has 0 spiro atoms. The van der Waals surface area contributed by atoms with E-state index in [0.29, 0.717) is 11.3 Å². The zero-order valence-electron chi connectivity index (χ0n) is 14.5. The van der Waals surface area contributed by atoms with Crippen LogP contribution in [0.4, 0.5) is 0 Å². The van der Waals surface area contributed by atoms with Gasteiger partial charge in [0.25, 0.3) is 5.56 Å². The van der Waals surface area contributed by atoms with Gasteiger partial charge in [0, 0.05) is 19.0 Å². The van der Waals surface area contributed by atoms with Crippen LogP contribution in [-0.2, 0) is 12.8 Å². The Bertz CT molecular complexity index is 810. The lowest BCUT2D eigenvalue weighted by molar-refractivity contribution is 0.218. The van der Waals surface area contributed by atoms with Crippen molar-refractivity contribution < 1.29 is 0 Å². The van der Waals surface area contributed by atoms with Crippen LogP contribution in [0.25, 0.3) is 10.2 Å². The highest BCUT2D eigenvalue weighted by Gasteiger charge is 2.31. The number of fused-ring (bicyclic) bond motifs is 3. The molecule has 5 nitrogen and oxygen atoms in total. The lowest BCUT2D eigenvalue weighted by atomic mass is 9.72. The normalized spacial score (nSPS) is 18.6. The topological polar surface area (TPSA) is 50.5 Å². The van der Waals surface area contributed by atoms with Crippen molar-refractivity contribution in [2.75, 3.05) is 14.1 Å². The number of aromatic nitrogens is 2. The second-order valence-electron chi connectivity index (χ2n) is 7.58. The van der Waals surface area contributed by atoms with Crippen molar-refractivity contribution in [1.29, 1.82) is 0 Å². The highest BCUT2D eigenvalue weighted by molar-refractivity contribution is 7.18. The van der Waals surface area contributed by atoms with Crippen molar-refractivity contribution in [3.63, 3.8) is 0 Å². The van der Waals surface area contributed by atoms with E-state index in [2.05, 4.69) is 30.9 Å². The first-order valence-corrected chi connectivity index (χ1v) is 8.82. The summed E-state index contributed by atoms with van der Waals surface area (Å²) in [5, 5.41) is 4.96. The molecule has 0 aliphatic heterocycles. The summed E-state index contributed by atoms with van der Waals surface area (Å²) in [6.45, 7) is 6.91. The Kier molecular flexibility index (Phi) is 4.04. The lowest BCUT2D eigenvalue weighted by Gasteiger charge is -2.33. The molecule has 124 valence electrons. The third-order valence-electron chi connectivity index (χ3n) is 4.58. The lowest BCUT2D eigenvalue weighted by Crippen LogP contribution is -2.26. The third-order valence-corrected chi connectivity index (χ3v) is 5.75. The molecule has 23 heavy (non-hydrogen) atoms. The molecule has 0 amide bonds. The third kappa shape index (κ3) is 3.04. The van der Waals surface area contributed by atoms with E-state index in [1.165, 1.54) is 21.4 Å². The summed E-state index contributed by atoms with van der Waals surface area (Å²) in [7, 11) is 3.75. The summed E-state index contributed by atoms with van der Waals surface area (Å²) in [4.78, 5) is 21.2. The Hall–Kier alpha value is -1.69.